The summed E-state index contributed by atoms with van der Waals surface area (Å²) in [6, 6.07) is 7.99. The van der Waals surface area contributed by atoms with E-state index >= 15 is 0 Å². The first-order valence-corrected chi connectivity index (χ1v) is 10.5. The summed E-state index contributed by atoms with van der Waals surface area (Å²) in [5.74, 6) is -0.208. The van der Waals surface area contributed by atoms with Crippen molar-refractivity contribution in [2.24, 2.45) is 5.92 Å². The predicted molar refractivity (Wildman–Crippen MR) is 108 cm³/mol. The van der Waals surface area contributed by atoms with Gasteiger partial charge in [0.25, 0.3) is 0 Å². The van der Waals surface area contributed by atoms with Gasteiger partial charge in [-0.3, -0.25) is 0 Å². The summed E-state index contributed by atoms with van der Waals surface area (Å²) in [6.07, 6.45) is 9.29. The van der Waals surface area contributed by atoms with Crippen molar-refractivity contribution in [3.05, 3.63) is 76.1 Å². The van der Waals surface area contributed by atoms with Crippen molar-refractivity contribution in [2.45, 2.75) is 64.2 Å². The normalized spacial score (nSPS) is 21.9. The van der Waals surface area contributed by atoms with Crippen LogP contribution in [0.4, 0.5) is 13.2 Å². The quantitative estimate of drug-likeness (QED) is 0.516. The van der Waals surface area contributed by atoms with Crippen molar-refractivity contribution in [2.75, 3.05) is 0 Å². The number of allylic oxidation sites excluding steroid dienone is 2. The Morgan fingerprint density at radius 2 is 1.64 bits per heavy atom. The van der Waals surface area contributed by atoms with E-state index < -0.39 is 11.6 Å². The smallest absolute Gasteiger partial charge is 0.133 e. The maximum absolute atomic E-state index is 14.9. The van der Waals surface area contributed by atoms with Crippen LogP contribution in [0.1, 0.15) is 73.6 Å². The molecule has 1 fully saturated rings. The number of hydrogen-bond acceptors (Lipinski definition) is 0. The van der Waals surface area contributed by atoms with Crippen molar-refractivity contribution >= 4 is 5.57 Å². The van der Waals surface area contributed by atoms with E-state index in [0.29, 0.717) is 24.0 Å². The zero-order chi connectivity index (χ0) is 19.7. The number of fused-ring (bicyclic) bond motifs is 1. The molecule has 0 atom stereocenters. The maximum atomic E-state index is 14.9. The first-order chi connectivity index (χ1) is 13.6. The van der Waals surface area contributed by atoms with E-state index in [9.17, 15) is 13.2 Å². The minimum Gasteiger partial charge on any atom is -0.207 e. The average Bonchev–Trinajstić information content (AvgIpc) is 2.68. The van der Waals surface area contributed by atoms with Crippen LogP contribution in [-0.4, -0.2) is 0 Å². The molecule has 0 heterocycles. The second kappa shape index (κ2) is 8.14. The summed E-state index contributed by atoms with van der Waals surface area (Å²) in [5.41, 5.74) is 2.91. The van der Waals surface area contributed by atoms with Gasteiger partial charge in [0, 0.05) is 5.56 Å². The topological polar surface area (TPSA) is 0 Å². The van der Waals surface area contributed by atoms with Gasteiger partial charge in [0.2, 0.25) is 0 Å². The zero-order valence-electron chi connectivity index (χ0n) is 16.4. The van der Waals surface area contributed by atoms with E-state index in [0.717, 1.165) is 42.7 Å². The molecule has 0 radical (unpaired) electrons. The molecule has 0 spiro atoms. The molecule has 1 saturated carbocycles. The molecule has 0 N–H and O–H groups in total. The van der Waals surface area contributed by atoms with Crippen molar-refractivity contribution in [1.82, 2.24) is 0 Å². The van der Waals surface area contributed by atoms with Crippen molar-refractivity contribution in [3.8, 4) is 0 Å². The minimum atomic E-state index is -0.489. The summed E-state index contributed by atoms with van der Waals surface area (Å²) >= 11 is 0. The molecular weight excluding hydrogens is 357 g/mol. The van der Waals surface area contributed by atoms with E-state index in [4.69, 9.17) is 0 Å². The summed E-state index contributed by atoms with van der Waals surface area (Å²) in [7, 11) is 0. The lowest BCUT2D eigenvalue weighted by Gasteiger charge is -2.29. The summed E-state index contributed by atoms with van der Waals surface area (Å²) in [4.78, 5) is 0. The molecule has 0 bridgehead atoms. The third-order valence-electron chi connectivity index (χ3n) is 6.55. The van der Waals surface area contributed by atoms with Crippen LogP contribution in [0.3, 0.4) is 0 Å². The Kier molecular flexibility index (Phi) is 5.61. The number of benzene rings is 2. The lowest BCUT2D eigenvalue weighted by molar-refractivity contribution is 0.307. The maximum Gasteiger partial charge on any atom is 0.133 e. The zero-order valence-corrected chi connectivity index (χ0v) is 16.4. The molecule has 2 aliphatic rings. The highest BCUT2D eigenvalue weighted by Crippen LogP contribution is 2.39. The van der Waals surface area contributed by atoms with Gasteiger partial charge in [-0.1, -0.05) is 38.0 Å². The van der Waals surface area contributed by atoms with Gasteiger partial charge in [-0.25, -0.2) is 13.2 Å². The first kappa shape index (κ1) is 19.3. The van der Waals surface area contributed by atoms with Crippen LogP contribution in [0.15, 0.2) is 36.4 Å². The first-order valence-electron chi connectivity index (χ1n) is 10.5. The standard InChI is InChI=1S/C25H27F3/c1-2-4-16-7-9-17(10-8-16)20-14-23(27)25(24(28)15-20)19-11-12-21-18(13-19)5-3-6-22(21)26/h3,5-6,11,14-17H,2,4,7-10,12-13H2,1H3. The molecular formula is C25H27F3. The lowest BCUT2D eigenvalue weighted by atomic mass is 9.77. The van der Waals surface area contributed by atoms with E-state index in [1.165, 1.54) is 31.0 Å². The highest BCUT2D eigenvalue weighted by molar-refractivity contribution is 5.71. The SMILES string of the molecule is CCCC1CCC(c2cc(F)c(C3=CCc4c(F)cccc4C3)c(F)c2)CC1. The molecule has 0 nitrogen and oxygen atoms in total. The Labute approximate surface area is 165 Å². The van der Waals surface area contributed by atoms with Crippen LogP contribution < -0.4 is 0 Å². The molecule has 2 aromatic carbocycles. The van der Waals surface area contributed by atoms with Crippen LogP contribution in [0.25, 0.3) is 5.57 Å². The van der Waals surface area contributed by atoms with E-state index in [2.05, 4.69) is 6.92 Å². The third-order valence-corrected chi connectivity index (χ3v) is 6.55. The van der Waals surface area contributed by atoms with Crippen molar-refractivity contribution < 1.29 is 13.2 Å². The molecule has 28 heavy (non-hydrogen) atoms. The monoisotopic (exact) mass is 384 g/mol. The van der Waals surface area contributed by atoms with Crippen molar-refractivity contribution in [1.29, 1.82) is 0 Å². The molecule has 2 aliphatic carbocycles. The Morgan fingerprint density at radius 3 is 2.32 bits per heavy atom. The van der Waals surface area contributed by atoms with Gasteiger partial charge in [-0.2, -0.15) is 0 Å². The highest BCUT2D eigenvalue weighted by Gasteiger charge is 2.25. The largest absolute Gasteiger partial charge is 0.207 e. The fraction of sp³-hybridized carbons (Fsp3) is 0.440. The van der Waals surface area contributed by atoms with Gasteiger partial charge in [-0.15, -0.1) is 0 Å². The fourth-order valence-electron chi connectivity index (χ4n) is 5.02. The number of hydrogen-bond donors (Lipinski definition) is 0. The van der Waals surface area contributed by atoms with E-state index in [-0.39, 0.29) is 17.3 Å². The van der Waals surface area contributed by atoms with Gasteiger partial charge >= 0.3 is 0 Å². The Hall–Kier alpha value is -2.03. The van der Waals surface area contributed by atoms with E-state index in [1.54, 1.807) is 12.1 Å². The molecule has 3 heteroatoms. The van der Waals surface area contributed by atoms with Gasteiger partial charge in [0.15, 0.2) is 0 Å². The molecule has 0 unspecified atom stereocenters. The molecule has 4 rings (SSSR count). The summed E-state index contributed by atoms with van der Waals surface area (Å²) in [5, 5.41) is 0. The third kappa shape index (κ3) is 3.76. The predicted octanol–water partition coefficient (Wildman–Crippen LogP) is 7.36. The van der Waals surface area contributed by atoms with Gasteiger partial charge in [0.05, 0.1) is 0 Å². The molecule has 0 saturated heterocycles. The summed E-state index contributed by atoms with van der Waals surface area (Å²) in [6.45, 7) is 2.21. The second-order valence-corrected chi connectivity index (χ2v) is 8.35. The molecule has 0 amide bonds. The Balaban J connectivity index is 1.55. The molecule has 148 valence electrons. The van der Waals surface area contributed by atoms with Crippen LogP contribution in [-0.2, 0) is 12.8 Å². The number of halogens is 3. The van der Waals surface area contributed by atoms with Gasteiger partial charge < -0.3 is 0 Å². The van der Waals surface area contributed by atoms with Crippen LogP contribution in [0, 0.1) is 23.4 Å². The van der Waals surface area contributed by atoms with Crippen molar-refractivity contribution in [3.63, 3.8) is 0 Å². The molecule has 0 aromatic heterocycles. The molecule has 2 aromatic rings. The van der Waals surface area contributed by atoms with Crippen LogP contribution >= 0.6 is 0 Å². The van der Waals surface area contributed by atoms with Gasteiger partial charge in [0.1, 0.15) is 17.5 Å². The molecule has 0 aliphatic heterocycles. The lowest BCUT2D eigenvalue weighted by Crippen LogP contribution is -2.14. The fourth-order valence-corrected chi connectivity index (χ4v) is 5.02. The Morgan fingerprint density at radius 1 is 0.929 bits per heavy atom. The minimum absolute atomic E-state index is 0.0540. The second-order valence-electron chi connectivity index (χ2n) is 8.35. The average molecular weight is 384 g/mol. The van der Waals surface area contributed by atoms with E-state index in [1.807, 2.05) is 6.07 Å². The summed E-state index contributed by atoms with van der Waals surface area (Å²) < 4.78 is 43.8. The van der Waals surface area contributed by atoms with Crippen LogP contribution in [0.2, 0.25) is 0 Å². The van der Waals surface area contributed by atoms with Gasteiger partial charge in [-0.05, 0) is 90.8 Å². The number of rotatable bonds is 4. The van der Waals surface area contributed by atoms with Crippen LogP contribution in [0.5, 0.6) is 0 Å². The highest BCUT2D eigenvalue weighted by atomic mass is 19.1. The Bertz CT molecular complexity index is 866.